The number of aliphatic carboxylic acids is 1. The van der Waals surface area contributed by atoms with Gasteiger partial charge in [0.25, 0.3) is 0 Å². The van der Waals surface area contributed by atoms with Gasteiger partial charge in [0, 0.05) is 23.9 Å². The third kappa shape index (κ3) is 5.66. The second-order valence-electron chi connectivity index (χ2n) is 8.54. The first-order valence-electron chi connectivity index (χ1n) is 11.5. The van der Waals surface area contributed by atoms with Gasteiger partial charge in [0.15, 0.2) is 11.5 Å². The van der Waals surface area contributed by atoms with Crippen molar-refractivity contribution in [2.24, 2.45) is 0 Å². The Hall–Kier alpha value is -3.88. The first kappa shape index (κ1) is 27.2. The monoisotopic (exact) mass is 534 g/mol. The highest BCUT2D eigenvalue weighted by Crippen LogP contribution is 2.34. The van der Waals surface area contributed by atoms with Gasteiger partial charge < -0.3 is 54.0 Å². The molecule has 2 heterocycles. The minimum absolute atomic E-state index is 0.00449. The van der Waals surface area contributed by atoms with Gasteiger partial charge in [-0.15, -0.1) is 0 Å². The molecule has 13 heteroatoms. The third-order valence-electron chi connectivity index (χ3n) is 5.97. The first-order valence-corrected chi connectivity index (χ1v) is 11.5. The van der Waals surface area contributed by atoms with E-state index in [1.54, 1.807) is 0 Å². The number of phenolic OH excluding ortho intramolecular Hbond substituents is 1. The molecule has 3 aromatic rings. The van der Waals surface area contributed by atoms with Crippen molar-refractivity contribution in [1.82, 2.24) is 0 Å². The molecule has 5 atom stereocenters. The van der Waals surface area contributed by atoms with Gasteiger partial charge in [-0.3, -0.25) is 4.79 Å². The standard InChI is InChI=1S/C25H26O13/c1-34-17-6-12-7-18(24(33)36-16(12)9-14(17)27)35-13-4-2-11(3-5-20(28)29)15(8-13)37-25-23(32)22(31)21(30)19(10-26)38-25/h2,4,6-9,19,21-23,25-27,30-32H,3,5,10H2,1H3,(H,28,29)/t19-,21-,22+,23-,25-/m1/s1. The maximum atomic E-state index is 12.5. The second kappa shape index (κ2) is 11.2. The predicted molar refractivity (Wildman–Crippen MR) is 128 cm³/mol. The Balaban J connectivity index is 1.66. The number of rotatable bonds is 9. The summed E-state index contributed by atoms with van der Waals surface area (Å²) in [6.07, 6.45) is -7.98. The Morgan fingerprint density at radius 1 is 1.00 bits per heavy atom. The number of benzene rings is 2. The molecule has 1 saturated heterocycles. The molecule has 1 aromatic heterocycles. The molecule has 4 rings (SSSR count). The van der Waals surface area contributed by atoms with E-state index in [1.165, 1.54) is 43.5 Å². The molecular weight excluding hydrogens is 508 g/mol. The van der Waals surface area contributed by atoms with Gasteiger partial charge in [-0.05, 0) is 30.2 Å². The van der Waals surface area contributed by atoms with Crippen LogP contribution in [0.1, 0.15) is 12.0 Å². The highest BCUT2D eigenvalue weighted by Gasteiger charge is 2.44. The topological polar surface area (TPSA) is 206 Å². The molecule has 0 spiro atoms. The number of phenols is 1. The fourth-order valence-electron chi connectivity index (χ4n) is 3.92. The van der Waals surface area contributed by atoms with Crippen molar-refractivity contribution in [2.45, 2.75) is 43.5 Å². The zero-order valence-corrected chi connectivity index (χ0v) is 20.0. The van der Waals surface area contributed by atoms with Crippen molar-refractivity contribution in [3.63, 3.8) is 0 Å². The molecule has 0 amide bonds. The van der Waals surface area contributed by atoms with Gasteiger partial charge in [0.2, 0.25) is 12.0 Å². The van der Waals surface area contributed by atoms with Gasteiger partial charge in [-0.1, -0.05) is 6.07 Å². The summed E-state index contributed by atoms with van der Waals surface area (Å²) >= 11 is 0. The number of carboxylic acids is 1. The lowest BCUT2D eigenvalue weighted by atomic mass is 9.99. The Kier molecular flexibility index (Phi) is 8.04. The molecule has 0 aliphatic carbocycles. The van der Waals surface area contributed by atoms with Crippen LogP contribution in [0.2, 0.25) is 0 Å². The number of hydrogen-bond acceptors (Lipinski definition) is 12. The van der Waals surface area contributed by atoms with E-state index < -0.39 is 48.9 Å². The fourth-order valence-corrected chi connectivity index (χ4v) is 3.92. The number of aliphatic hydroxyl groups excluding tert-OH is 4. The largest absolute Gasteiger partial charge is 0.504 e. The number of aromatic hydroxyl groups is 1. The molecule has 1 fully saturated rings. The normalized spacial score (nSPS) is 23.2. The Labute approximate surface area is 214 Å². The van der Waals surface area contributed by atoms with E-state index in [0.717, 1.165) is 0 Å². The molecule has 2 aromatic carbocycles. The number of carbonyl (C=O) groups is 1. The van der Waals surface area contributed by atoms with Crippen LogP contribution in [0.15, 0.2) is 45.6 Å². The second-order valence-corrected chi connectivity index (χ2v) is 8.54. The van der Waals surface area contributed by atoms with Crippen molar-refractivity contribution >= 4 is 16.9 Å². The Morgan fingerprint density at radius 3 is 2.42 bits per heavy atom. The van der Waals surface area contributed by atoms with Crippen molar-refractivity contribution < 1.29 is 58.8 Å². The van der Waals surface area contributed by atoms with Crippen molar-refractivity contribution in [2.75, 3.05) is 13.7 Å². The lowest BCUT2D eigenvalue weighted by Crippen LogP contribution is -2.60. The molecule has 6 N–H and O–H groups in total. The summed E-state index contributed by atoms with van der Waals surface area (Å²) in [5.74, 6) is -1.29. The molecule has 1 aliphatic heterocycles. The van der Waals surface area contributed by atoms with E-state index in [4.69, 9.17) is 28.5 Å². The van der Waals surface area contributed by atoms with Crippen LogP contribution >= 0.6 is 0 Å². The highest BCUT2D eigenvalue weighted by atomic mass is 16.7. The van der Waals surface area contributed by atoms with Crippen LogP contribution < -0.4 is 19.8 Å². The average molecular weight is 534 g/mol. The number of carboxylic acid groups (broad SMARTS) is 1. The zero-order chi connectivity index (χ0) is 27.6. The smallest absolute Gasteiger partial charge is 0.379 e. The van der Waals surface area contributed by atoms with E-state index in [2.05, 4.69) is 0 Å². The van der Waals surface area contributed by atoms with E-state index in [0.29, 0.717) is 10.9 Å². The summed E-state index contributed by atoms with van der Waals surface area (Å²) in [4.78, 5) is 23.6. The van der Waals surface area contributed by atoms with Crippen LogP contribution in [0.4, 0.5) is 0 Å². The molecular formula is C25H26O13. The summed E-state index contributed by atoms with van der Waals surface area (Å²) in [5, 5.41) is 59.2. The molecule has 0 radical (unpaired) electrons. The molecule has 0 saturated carbocycles. The summed E-state index contributed by atoms with van der Waals surface area (Å²) in [7, 11) is 1.36. The van der Waals surface area contributed by atoms with Crippen LogP contribution in [-0.2, 0) is 16.0 Å². The molecule has 0 bridgehead atoms. The molecule has 1 aliphatic rings. The van der Waals surface area contributed by atoms with Crippen molar-refractivity contribution in [3.8, 4) is 28.7 Å². The summed E-state index contributed by atoms with van der Waals surface area (Å²) in [6, 6.07) is 8.31. The van der Waals surface area contributed by atoms with Gasteiger partial charge in [0.05, 0.1) is 13.7 Å². The van der Waals surface area contributed by atoms with E-state index in [-0.39, 0.29) is 47.2 Å². The van der Waals surface area contributed by atoms with E-state index in [1.807, 2.05) is 0 Å². The molecule has 0 unspecified atom stereocenters. The zero-order valence-electron chi connectivity index (χ0n) is 20.0. The number of aliphatic hydroxyl groups is 4. The van der Waals surface area contributed by atoms with Gasteiger partial charge in [-0.25, -0.2) is 4.79 Å². The molecule has 204 valence electrons. The van der Waals surface area contributed by atoms with Crippen molar-refractivity contribution in [1.29, 1.82) is 0 Å². The maximum absolute atomic E-state index is 12.5. The van der Waals surface area contributed by atoms with Crippen LogP contribution in [-0.4, -0.2) is 81.0 Å². The number of fused-ring (bicyclic) bond motifs is 1. The fraction of sp³-hybridized carbons (Fsp3) is 0.360. The minimum Gasteiger partial charge on any atom is -0.504 e. The average Bonchev–Trinajstić information content (AvgIpc) is 2.88. The van der Waals surface area contributed by atoms with Crippen LogP contribution in [0.25, 0.3) is 11.0 Å². The summed E-state index contributed by atoms with van der Waals surface area (Å²) in [5.41, 5.74) is -0.382. The number of hydrogen-bond donors (Lipinski definition) is 6. The van der Waals surface area contributed by atoms with E-state index >= 15 is 0 Å². The predicted octanol–water partition coefficient (Wildman–Crippen LogP) is 0.495. The number of aryl methyl sites for hydroxylation is 1. The first-order chi connectivity index (χ1) is 18.1. The molecule has 13 nitrogen and oxygen atoms in total. The summed E-state index contributed by atoms with van der Waals surface area (Å²) < 4.78 is 27.1. The summed E-state index contributed by atoms with van der Waals surface area (Å²) in [6.45, 7) is -0.667. The maximum Gasteiger partial charge on any atom is 0.379 e. The third-order valence-corrected chi connectivity index (χ3v) is 5.97. The van der Waals surface area contributed by atoms with Gasteiger partial charge >= 0.3 is 11.6 Å². The van der Waals surface area contributed by atoms with E-state index in [9.17, 15) is 35.1 Å². The quantitative estimate of drug-likeness (QED) is 0.207. The highest BCUT2D eigenvalue weighted by molar-refractivity contribution is 5.81. The Morgan fingerprint density at radius 2 is 1.74 bits per heavy atom. The lowest BCUT2D eigenvalue weighted by molar-refractivity contribution is -0.277. The van der Waals surface area contributed by atoms with Crippen LogP contribution in [0.5, 0.6) is 28.7 Å². The minimum atomic E-state index is -1.70. The molecule has 38 heavy (non-hydrogen) atoms. The van der Waals surface area contributed by atoms with Gasteiger partial charge in [0.1, 0.15) is 41.5 Å². The number of ether oxygens (including phenoxy) is 4. The number of methoxy groups -OCH3 is 1. The lowest BCUT2D eigenvalue weighted by Gasteiger charge is -2.39. The van der Waals surface area contributed by atoms with Crippen LogP contribution in [0, 0.1) is 0 Å². The SMILES string of the molecule is COc1cc2cc(Oc3ccc(CCC(=O)O)c(O[C@@H]4O[C@H](CO)[C@@H](O)[C@H](O)[C@H]4O)c3)c(=O)oc2cc1O. The van der Waals surface area contributed by atoms with Crippen LogP contribution in [0.3, 0.4) is 0 Å². The Bertz CT molecular complexity index is 1370. The van der Waals surface area contributed by atoms with Gasteiger partial charge in [-0.2, -0.15) is 0 Å². The van der Waals surface area contributed by atoms with Crippen molar-refractivity contribution in [3.05, 3.63) is 52.4 Å².